The van der Waals surface area contributed by atoms with Gasteiger partial charge in [0.15, 0.2) is 11.6 Å². The summed E-state index contributed by atoms with van der Waals surface area (Å²) in [6, 6.07) is 21.2. The molecule has 1 N–H and O–H groups in total. The van der Waals surface area contributed by atoms with Crippen LogP contribution in [0.25, 0.3) is 22.8 Å². The quantitative estimate of drug-likeness (QED) is 0.387. The fraction of sp³-hybridized carbons (Fsp3) is 0.286. The van der Waals surface area contributed by atoms with Gasteiger partial charge < -0.3 is 9.64 Å². The van der Waals surface area contributed by atoms with Gasteiger partial charge in [0.2, 0.25) is 0 Å². The second-order valence-electron chi connectivity index (χ2n) is 9.28. The number of aromatic nitrogens is 3. The van der Waals surface area contributed by atoms with Gasteiger partial charge in [-0.2, -0.15) is 5.10 Å². The third kappa shape index (κ3) is 4.27. The number of nitrogens with one attached hydrogen (secondary N) is 1. The number of nitrogens with zero attached hydrogens (tertiary/aromatic N) is 3. The number of benzene rings is 3. The highest BCUT2D eigenvalue weighted by atomic mass is 19.1. The summed E-state index contributed by atoms with van der Waals surface area (Å²) in [5, 5.41) is 7.52. The first-order valence-corrected chi connectivity index (χ1v) is 11.6. The summed E-state index contributed by atoms with van der Waals surface area (Å²) >= 11 is 0. The molecule has 0 unspecified atom stereocenters. The predicted molar refractivity (Wildman–Crippen MR) is 132 cm³/mol. The molecule has 0 radical (unpaired) electrons. The summed E-state index contributed by atoms with van der Waals surface area (Å²) in [6.45, 7) is 3.52. The van der Waals surface area contributed by atoms with E-state index in [4.69, 9.17) is 9.72 Å². The van der Waals surface area contributed by atoms with Gasteiger partial charge in [-0.05, 0) is 81.4 Å². The molecule has 2 heterocycles. The summed E-state index contributed by atoms with van der Waals surface area (Å²) in [7, 11) is 4.14. The number of aromatic amines is 1. The predicted octanol–water partition coefficient (Wildman–Crippen LogP) is 5.70. The fourth-order valence-electron chi connectivity index (χ4n) is 4.79. The number of hydrogen-bond donors (Lipinski definition) is 1. The smallest absolute Gasteiger partial charge is 0.181 e. The minimum absolute atomic E-state index is 0.240. The van der Waals surface area contributed by atoms with Crippen molar-refractivity contribution >= 4 is 0 Å². The molecule has 0 fully saturated rings. The number of H-pyrrole nitrogens is 1. The van der Waals surface area contributed by atoms with Crippen LogP contribution < -0.4 is 0 Å². The number of hydrogen-bond acceptors (Lipinski definition) is 4. The molecule has 3 aromatic carbocycles. The van der Waals surface area contributed by atoms with Crippen LogP contribution in [0.4, 0.5) is 4.39 Å². The lowest BCUT2D eigenvalue weighted by Crippen LogP contribution is -2.28. The number of rotatable bonds is 7. The molecular formula is C28H29FN4O. The second kappa shape index (κ2) is 9.12. The number of ether oxygens (including phenoxy) is 1. The van der Waals surface area contributed by atoms with E-state index in [-0.39, 0.29) is 5.82 Å². The van der Waals surface area contributed by atoms with Gasteiger partial charge in [-0.15, -0.1) is 0 Å². The minimum Gasteiger partial charge on any atom is -0.361 e. The van der Waals surface area contributed by atoms with Gasteiger partial charge in [-0.3, -0.25) is 5.10 Å². The number of aryl methyl sites for hydroxylation is 1. The SMILES string of the molecule is Cc1cccc(-c2n[nH]c(-c3ccc4c(c3)CO[C@@]4(CCCN(C)C)c3ccc(F)cc3)n2)c1. The van der Waals surface area contributed by atoms with E-state index in [1.807, 2.05) is 24.3 Å². The Hall–Kier alpha value is -3.35. The van der Waals surface area contributed by atoms with Crippen molar-refractivity contribution in [2.45, 2.75) is 32.0 Å². The average Bonchev–Trinajstić information content (AvgIpc) is 3.45. The lowest BCUT2D eigenvalue weighted by atomic mass is 9.81. The topological polar surface area (TPSA) is 54.0 Å². The molecule has 6 heteroatoms. The van der Waals surface area contributed by atoms with Gasteiger partial charge in [-0.1, -0.05) is 48.0 Å². The van der Waals surface area contributed by atoms with Crippen molar-refractivity contribution in [2.24, 2.45) is 0 Å². The zero-order valence-corrected chi connectivity index (χ0v) is 19.8. The molecule has 0 saturated heterocycles. The van der Waals surface area contributed by atoms with E-state index < -0.39 is 5.60 Å². The maximum atomic E-state index is 13.7. The molecule has 174 valence electrons. The third-order valence-electron chi connectivity index (χ3n) is 6.49. The van der Waals surface area contributed by atoms with Gasteiger partial charge in [0.1, 0.15) is 11.4 Å². The summed E-state index contributed by atoms with van der Waals surface area (Å²) < 4.78 is 20.2. The Balaban J connectivity index is 1.48. The maximum Gasteiger partial charge on any atom is 0.181 e. The molecule has 0 bridgehead atoms. The van der Waals surface area contributed by atoms with Crippen LogP contribution in [-0.2, 0) is 16.9 Å². The minimum atomic E-state index is -0.578. The molecule has 1 aliphatic heterocycles. The van der Waals surface area contributed by atoms with Gasteiger partial charge in [0.05, 0.1) is 6.61 Å². The van der Waals surface area contributed by atoms with Crippen LogP contribution in [0.5, 0.6) is 0 Å². The van der Waals surface area contributed by atoms with Gasteiger partial charge >= 0.3 is 0 Å². The van der Waals surface area contributed by atoms with Gasteiger partial charge in [0, 0.05) is 11.1 Å². The summed E-state index contributed by atoms with van der Waals surface area (Å²) in [4.78, 5) is 6.91. The van der Waals surface area contributed by atoms with Crippen molar-refractivity contribution in [2.75, 3.05) is 20.6 Å². The monoisotopic (exact) mass is 456 g/mol. The first kappa shape index (κ1) is 22.4. The van der Waals surface area contributed by atoms with Crippen molar-refractivity contribution < 1.29 is 9.13 Å². The van der Waals surface area contributed by atoms with E-state index in [1.54, 1.807) is 0 Å². The van der Waals surface area contributed by atoms with Crippen LogP contribution in [0.2, 0.25) is 0 Å². The van der Waals surface area contributed by atoms with E-state index in [2.05, 4.69) is 66.4 Å². The van der Waals surface area contributed by atoms with Gasteiger partial charge in [-0.25, -0.2) is 9.37 Å². The standard InChI is InChI=1S/C28H29FN4O/c1-19-6-4-7-20(16-19)26-30-27(32-31-26)21-8-13-25-22(17-21)18-34-28(25,14-5-15-33(2)3)23-9-11-24(29)12-10-23/h4,6-13,16-17H,5,14-15,18H2,1-3H3,(H,30,31,32)/t28-/m0/s1. The lowest BCUT2D eigenvalue weighted by molar-refractivity contribution is -0.0140. The van der Waals surface area contributed by atoms with Crippen LogP contribution >= 0.6 is 0 Å². The lowest BCUT2D eigenvalue weighted by Gasteiger charge is -2.31. The van der Waals surface area contributed by atoms with Gasteiger partial charge in [0.25, 0.3) is 0 Å². The van der Waals surface area contributed by atoms with E-state index in [1.165, 1.54) is 17.7 Å². The highest BCUT2D eigenvalue weighted by Crippen LogP contribution is 2.46. The third-order valence-corrected chi connectivity index (χ3v) is 6.49. The largest absolute Gasteiger partial charge is 0.361 e. The fourth-order valence-corrected chi connectivity index (χ4v) is 4.79. The van der Waals surface area contributed by atoms with Crippen molar-refractivity contribution in [3.05, 3.63) is 94.8 Å². The molecule has 0 aliphatic carbocycles. The zero-order chi connectivity index (χ0) is 23.7. The summed E-state index contributed by atoms with van der Waals surface area (Å²) in [5.74, 6) is 1.17. The Labute approximate surface area is 199 Å². The molecule has 0 saturated carbocycles. The molecule has 5 nitrogen and oxygen atoms in total. The molecule has 0 amide bonds. The first-order chi connectivity index (χ1) is 16.4. The Kier molecular flexibility index (Phi) is 6.02. The van der Waals surface area contributed by atoms with E-state index in [0.717, 1.165) is 53.0 Å². The van der Waals surface area contributed by atoms with Crippen LogP contribution in [0.3, 0.4) is 0 Å². The zero-order valence-electron chi connectivity index (χ0n) is 19.8. The molecule has 1 atom stereocenters. The van der Waals surface area contributed by atoms with Crippen LogP contribution in [-0.4, -0.2) is 40.7 Å². The molecule has 0 spiro atoms. The number of fused-ring (bicyclic) bond motifs is 1. The molecule has 4 aromatic rings. The molecular weight excluding hydrogens is 427 g/mol. The first-order valence-electron chi connectivity index (χ1n) is 11.6. The highest BCUT2D eigenvalue weighted by molar-refractivity contribution is 5.63. The molecule has 1 aromatic heterocycles. The maximum absolute atomic E-state index is 13.7. The summed E-state index contributed by atoms with van der Waals surface area (Å²) in [6.07, 6.45) is 1.79. The summed E-state index contributed by atoms with van der Waals surface area (Å²) in [5.41, 5.74) is 5.80. The Morgan fingerprint density at radius 3 is 2.62 bits per heavy atom. The molecule has 34 heavy (non-hydrogen) atoms. The Bertz CT molecular complexity index is 1300. The average molecular weight is 457 g/mol. The van der Waals surface area contributed by atoms with Crippen molar-refractivity contribution in [3.8, 4) is 22.8 Å². The molecule has 5 rings (SSSR count). The highest BCUT2D eigenvalue weighted by Gasteiger charge is 2.41. The van der Waals surface area contributed by atoms with E-state index >= 15 is 0 Å². The van der Waals surface area contributed by atoms with Crippen LogP contribution in [0, 0.1) is 12.7 Å². The Morgan fingerprint density at radius 2 is 1.85 bits per heavy atom. The van der Waals surface area contributed by atoms with Crippen molar-refractivity contribution in [1.82, 2.24) is 20.1 Å². The second-order valence-corrected chi connectivity index (χ2v) is 9.28. The van der Waals surface area contributed by atoms with E-state index in [0.29, 0.717) is 12.4 Å². The normalized spacial score (nSPS) is 17.3. The van der Waals surface area contributed by atoms with E-state index in [9.17, 15) is 4.39 Å². The molecule has 1 aliphatic rings. The van der Waals surface area contributed by atoms with Crippen molar-refractivity contribution in [3.63, 3.8) is 0 Å². The Morgan fingerprint density at radius 1 is 1.03 bits per heavy atom. The van der Waals surface area contributed by atoms with Crippen molar-refractivity contribution in [1.29, 1.82) is 0 Å². The number of halogens is 1. The van der Waals surface area contributed by atoms with Crippen LogP contribution in [0.15, 0.2) is 66.7 Å². The van der Waals surface area contributed by atoms with Crippen LogP contribution in [0.1, 0.15) is 35.1 Å².